The van der Waals surface area contributed by atoms with Gasteiger partial charge in [0.1, 0.15) is 11.6 Å². The van der Waals surface area contributed by atoms with Crippen LogP contribution >= 0.6 is 15.9 Å². The number of hydrogen-bond acceptors (Lipinski definition) is 1. The van der Waals surface area contributed by atoms with E-state index >= 15 is 0 Å². The summed E-state index contributed by atoms with van der Waals surface area (Å²) in [5, 5.41) is 2.76. The molecule has 0 aliphatic carbocycles. The van der Waals surface area contributed by atoms with Crippen molar-refractivity contribution in [3.63, 3.8) is 0 Å². The summed E-state index contributed by atoms with van der Waals surface area (Å²) in [4.78, 5) is 12.1. The van der Waals surface area contributed by atoms with E-state index in [2.05, 4.69) is 21.2 Å². The first kappa shape index (κ1) is 15.6. The van der Waals surface area contributed by atoms with Crippen molar-refractivity contribution in [3.05, 3.63) is 69.7 Å². The van der Waals surface area contributed by atoms with Gasteiger partial charge in [-0.05, 0) is 36.2 Å². The summed E-state index contributed by atoms with van der Waals surface area (Å²) < 4.78 is 27.4. The Kier molecular flexibility index (Phi) is 5.07. The predicted octanol–water partition coefficient (Wildman–Crippen LogP) is 4.61. The number of benzene rings is 2. The van der Waals surface area contributed by atoms with Gasteiger partial charge in [0, 0.05) is 10.5 Å². The average molecular weight is 354 g/mol. The highest BCUT2D eigenvalue weighted by Gasteiger charge is 2.17. The molecule has 2 aromatic rings. The highest BCUT2D eigenvalue weighted by Crippen LogP contribution is 2.20. The fourth-order valence-corrected chi connectivity index (χ4v) is 2.29. The lowest BCUT2D eigenvalue weighted by Gasteiger charge is -2.18. The van der Waals surface area contributed by atoms with E-state index in [4.69, 9.17) is 0 Å². The predicted molar refractivity (Wildman–Crippen MR) is 81.0 cm³/mol. The number of carbonyl (C=O) groups is 1. The summed E-state index contributed by atoms with van der Waals surface area (Å²) in [6, 6.07) is 10.2. The lowest BCUT2D eigenvalue weighted by atomic mass is 10.0. The van der Waals surface area contributed by atoms with Gasteiger partial charge in [-0.3, -0.25) is 4.79 Å². The van der Waals surface area contributed by atoms with Crippen LogP contribution < -0.4 is 5.32 Å². The van der Waals surface area contributed by atoms with E-state index in [-0.39, 0.29) is 11.6 Å². The van der Waals surface area contributed by atoms with E-state index in [0.717, 1.165) is 22.2 Å². The molecule has 0 saturated heterocycles. The second-order valence-corrected chi connectivity index (χ2v) is 5.53. The Labute approximate surface area is 130 Å². The molecule has 0 bridgehead atoms. The van der Waals surface area contributed by atoms with Crippen LogP contribution in [0.4, 0.5) is 8.78 Å². The molecule has 0 heterocycles. The first-order valence-electron chi connectivity index (χ1n) is 6.52. The Morgan fingerprint density at radius 3 is 2.43 bits per heavy atom. The SMILES string of the molecule is CC[C@@H](NC(=O)c1ccc(F)cc1F)c1ccc(Br)cc1. The van der Waals surface area contributed by atoms with E-state index in [1.807, 2.05) is 31.2 Å². The van der Waals surface area contributed by atoms with Crippen molar-refractivity contribution in [1.29, 1.82) is 0 Å². The maximum Gasteiger partial charge on any atom is 0.254 e. The van der Waals surface area contributed by atoms with Gasteiger partial charge in [-0.25, -0.2) is 8.78 Å². The summed E-state index contributed by atoms with van der Waals surface area (Å²) in [6.07, 6.45) is 0.663. The molecule has 5 heteroatoms. The number of nitrogens with one attached hydrogen (secondary N) is 1. The van der Waals surface area contributed by atoms with Crippen molar-refractivity contribution in [2.24, 2.45) is 0 Å². The number of amides is 1. The van der Waals surface area contributed by atoms with Gasteiger partial charge in [-0.2, -0.15) is 0 Å². The van der Waals surface area contributed by atoms with Crippen molar-refractivity contribution < 1.29 is 13.6 Å². The Hall–Kier alpha value is -1.75. The summed E-state index contributed by atoms with van der Waals surface area (Å²) in [5.74, 6) is -2.12. The van der Waals surface area contributed by atoms with E-state index < -0.39 is 17.5 Å². The van der Waals surface area contributed by atoms with E-state index in [9.17, 15) is 13.6 Å². The van der Waals surface area contributed by atoms with Crippen LogP contribution in [0.3, 0.4) is 0 Å². The molecular weight excluding hydrogens is 340 g/mol. The summed E-state index contributed by atoms with van der Waals surface area (Å²) in [6.45, 7) is 1.92. The zero-order valence-electron chi connectivity index (χ0n) is 11.4. The molecule has 0 aromatic heterocycles. The maximum absolute atomic E-state index is 13.6. The van der Waals surface area contributed by atoms with Crippen LogP contribution in [0.1, 0.15) is 35.3 Å². The summed E-state index contributed by atoms with van der Waals surface area (Å²) in [7, 11) is 0. The molecule has 2 nitrogen and oxygen atoms in total. The molecule has 0 radical (unpaired) electrons. The molecule has 0 spiro atoms. The zero-order valence-corrected chi connectivity index (χ0v) is 13.0. The van der Waals surface area contributed by atoms with Crippen molar-refractivity contribution >= 4 is 21.8 Å². The van der Waals surface area contributed by atoms with Crippen LogP contribution in [0.5, 0.6) is 0 Å². The minimum atomic E-state index is -0.863. The van der Waals surface area contributed by atoms with E-state index in [1.165, 1.54) is 0 Å². The van der Waals surface area contributed by atoms with Gasteiger partial charge in [0.15, 0.2) is 0 Å². The van der Waals surface area contributed by atoms with Crippen LogP contribution in [0.2, 0.25) is 0 Å². The molecule has 0 aliphatic rings. The van der Waals surface area contributed by atoms with Crippen molar-refractivity contribution in [1.82, 2.24) is 5.32 Å². The van der Waals surface area contributed by atoms with Crippen LogP contribution in [0.25, 0.3) is 0 Å². The topological polar surface area (TPSA) is 29.1 Å². The molecule has 0 saturated carbocycles. The summed E-state index contributed by atoms with van der Waals surface area (Å²) >= 11 is 3.35. The Morgan fingerprint density at radius 1 is 1.19 bits per heavy atom. The second kappa shape index (κ2) is 6.80. The minimum Gasteiger partial charge on any atom is -0.345 e. The molecule has 21 heavy (non-hydrogen) atoms. The fraction of sp³-hybridized carbons (Fsp3) is 0.188. The van der Waals surface area contributed by atoms with Crippen LogP contribution in [-0.2, 0) is 0 Å². The van der Waals surface area contributed by atoms with Gasteiger partial charge in [-0.15, -0.1) is 0 Å². The van der Waals surface area contributed by atoms with Gasteiger partial charge >= 0.3 is 0 Å². The lowest BCUT2D eigenvalue weighted by molar-refractivity contribution is 0.0931. The van der Waals surface area contributed by atoms with Crippen LogP contribution in [0.15, 0.2) is 46.9 Å². The third-order valence-corrected chi connectivity index (χ3v) is 3.69. The molecule has 1 N–H and O–H groups in total. The van der Waals surface area contributed by atoms with Crippen molar-refractivity contribution in [2.75, 3.05) is 0 Å². The molecule has 1 amide bonds. The number of halogens is 3. The maximum atomic E-state index is 13.6. The first-order chi connectivity index (χ1) is 10.0. The third kappa shape index (κ3) is 3.88. The van der Waals surface area contributed by atoms with Gasteiger partial charge in [-0.1, -0.05) is 35.0 Å². The van der Waals surface area contributed by atoms with Gasteiger partial charge < -0.3 is 5.32 Å². The third-order valence-electron chi connectivity index (χ3n) is 3.16. The minimum absolute atomic E-state index is 0.160. The van der Waals surface area contributed by atoms with Gasteiger partial charge in [0.05, 0.1) is 11.6 Å². The average Bonchev–Trinajstić information content (AvgIpc) is 2.45. The molecule has 2 aromatic carbocycles. The Balaban J connectivity index is 2.18. The molecular formula is C16H14BrF2NO. The van der Waals surface area contributed by atoms with Crippen molar-refractivity contribution in [3.8, 4) is 0 Å². The standard InChI is InChI=1S/C16H14BrF2NO/c1-2-15(10-3-5-11(17)6-4-10)20-16(21)13-8-7-12(18)9-14(13)19/h3-9,15H,2H2,1H3,(H,20,21)/t15-/m1/s1. The van der Waals surface area contributed by atoms with Gasteiger partial charge in [0.25, 0.3) is 5.91 Å². The molecule has 0 aliphatic heterocycles. The highest BCUT2D eigenvalue weighted by atomic mass is 79.9. The Morgan fingerprint density at radius 2 is 1.86 bits per heavy atom. The van der Waals surface area contributed by atoms with Crippen LogP contribution in [0, 0.1) is 11.6 Å². The number of carbonyl (C=O) groups excluding carboxylic acids is 1. The number of rotatable bonds is 4. The first-order valence-corrected chi connectivity index (χ1v) is 7.32. The molecule has 2 rings (SSSR count). The van der Waals surface area contributed by atoms with Gasteiger partial charge in [0.2, 0.25) is 0 Å². The molecule has 1 atom stereocenters. The van der Waals surface area contributed by atoms with Crippen molar-refractivity contribution in [2.45, 2.75) is 19.4 Å². The second-order valence-electron chi connectivity index (χ2n) is 4.61. The molecule has 110 valence electrons. The monoisotopic (exact) mass is 353 g/mol. The molecule has 0 unspecified atom stereocenters. The van der Waals surface area contributed by atoms with E-state index in [0.29, 0.717) is 12.5 Å². The fourth-order valence-electron chi connectivity index (χ4n) is 2.03. The highest BCUT2D eigenvalue weighted by molar-refractivity contribution is 9.10. The van der Waals surface area contributed by atoms with E-state index in [1.54, 1.807) is 0 Å². The largest absolute Gasteiger partial charge is 0.345 e. The zero-order chi connectivity index (χ0) is 15.4. The normalized spacial score (nSPS) is 12.0. The quantitative estimate of drug-likeness (QED) is 0.854. The number of hydrogen-bond donors (Lipinski definition) is 1. The van der Waals surface area contributed by atoms with Crippen LogP contribution in [-0.4, -0.2) is 5.91 Å². The smallest absolute Gasteiger partial charge is 0.254 e. The Bertz CT molecular complexity index is 643. The molecule has 0 fully saturated rings. The lowest BCUT2D eigenvalue weighted by Crippen LogP contribution is -2.28. The summed E-state index contributed by atoms with van der Waals surface area (Å²) in [5.41, 5.74) is 0.767.